The number of nitrogens with one attached hydrogen (secondary N) is 1. The molecule has 0 saturated carbocycles. The quantitative estimate of drug-likeness (QED) is 0.850. The van der Waals surface area contributed by atoms with Crippen molar-refractivity contribution in [3.05, 3.63) is 51.8 Å². The van der Waals surface area contributed by atoms with Gasteiger partial charge in [-0.1, -0.05) is 23.2 Å². The number of nitrogens with zero attached hydrogens (tertiary/aromatic N) is 1. The number of nitrogens with two attached hydrogens (primary N) is 1. The van der Waals surface area contributed by atoms with Crippen molar-refractivity contribution in [1.29, 1.82) is 0 Å². The van der Waals surface area contributed by atoms with E-state index in [4.69, 9.17) is 28.9 Å². The molecule has 0 aliphatic rings. The van der Waals surface area contributed by atoms with Crippen LogP contribution in [0.3, 0.4) is 0 Å². The predicted molar refractivity (Wildman–Crippen MR) is 61.1 cm³/mol. The Hall–Kier alpha value is -1.03. The molecule has 78 valence electrons. The van der Waals surface area contributed by atoms with Gasteiger partial charge in [-0.05, 0) is 29.8 Å². The van der Waals surface area contributed by atoms with Crippen molar-refractivity contribution < 1.29 is 0 Å². The van der Waals surface area contributed by atoms with E-state index in [9.17, 15) is 0 Å². The first-order valence-corrected chi connectivity index (χ1v) is 5.14. The molecule has 1 atom stereocenters. The molecule has 1 heterocycles. The Morgan fingerprint density at radius 3 is 2.73 bits per heavy atom. The molecule has 3 nitrogen and oxygen atoms in total. The third-order valence-corrected chi connectivity index (χ3v) is 2.73. The van der Waals surface area contributed by atoms with Crippen LogP contribution in [-0.2, 0) is 0 Å². The summed E-state index contributed by atoms with van der Waals surface area (Å²) in [4.78, 5) is 0. The normalized spacial score (nSPS) is 12.7. The highest BCUT2D eigenvalue weighted by Crippen LogP contribution is 2.27. The third-order valence-electron chi connectivity index (χ3n) is 2.15. The molecular formula is C10H9Cl2N3. The molecule has 0 radical (unpaired) electrons. The molecule has 1 aromatic heterocycles. The first-order chi connectivity index (χ1) is 7.18. The van der Waals surface area contributed by atoms with Gasteiger partial charge < -0.3 is 5.73 Å². The maximum absolute atomic E-state index is 6.04. The Morgan fingerprint density at radius 1 is 1.27 bits per heavy atom. The summed E-state index contributed by atoms with van der Waals surface area (Å²) in [5.41, 5.74) is 7.61. The summed E-state index contributed by atoms with van der Waals surface area (Å²) in [5.74, 6) is 0. The molecule has 1 unspecified atom stereocenters. The molecular weight excluding hydrogens is 233 g/mol. The Bertz CT molecular complexity index is 454. The number of hydrogen-bond acceptors (Lipinski definition) is 2. The number of rotatable bonds is 2. The Labute approximate surface area is 97.2 Å². The molecule has 5 heteroatoms. The van der Waals surface area contributed by atoms with Crippen molar-refractivity contribution in [3.8, 4) is 0 Å². The highest BCUT2D eigenvalue weighted by molar-refractivity contribution is 6.33. The SMILES string of the molecule is NC(c1ccn[nH]1)c1cc(Cl)ccc1Cl. The van der Waals surface area contributed by atoms with E-state index < -0.39 is 0 Å². The van der Waals surface area contributed by atoms with Crippen LogP contribution in [-0.4, -0.2) is 10.2 Å². The van der Waals surface area contributed by atoms with Gasteiger partial charge in [0, 0.05) is 16.2 Å². The smallest absolute Gasteiger partial charge is 0.0735 e. The van der Waals surface area contributed by atoms with Crippen LogP contribution < -0.4 is 5.73 Å². The van der Waals surface area contributed by atoms with Crippen LogP contribution in [0.15, 0.2) is 30.5 Å². The molecule has 1 aromatic carbocycles. The van der Waals surface area contributed by atoms with E-state index in [-0.39, 0.29) is 6.04 Å². The molecule has 2 rings (SSSR count). The van der Waals surface area contributed by atoms with Gasteiger partial charge in [0.2, 0.25) is 0 Å². The van der Waals surface area contributed by atoms with E-state index in [0.717, 1.165) is 11.3 Å². The van der Waals surface area contributed by atoms with Gasteiger partial charge in [-0.3, -0.25) is 5.10 Å². The Balaban J connectivity index is 2.41. The van der Waals surface area contributed by atoms with E-state index >= 15 is 0 Å². The largest absolute Gasteiger partial charge is 0.319 e. The number of aromatic nitrogens is 2. The zero-order chi connectivity index (χ0) is 10.8. The highest BCUT2D eigenvalue weighted by Gasteiger charge is 2.13. The molecule has 3 N–H and O–H groups in total. The number of benzene rings is 1. The van der Waals surface area contributed by atoms with E-state index in [2.05, 4.69) is 10.2 Å². The lowest BCUT2D eigenvalue weighted by Gasteiger charge is -2.11. The van der Waals surface area contributed by atoms with E-state index in [1.54, 1.807) is 24.4 Å². The lowest BCUT2D eigenvalue weighted by atomic mass is 10.1. The number of halogens is 2. The molecule has 0 fully saturated rings. The number of hydrogen-bond donors (Lipinski definition) is 2. The molecule has 0 aliphatic heterocycles. The molecule has 0 spiro atoms. The van der Waals surface area contributed by atoms with Crippen molar-refractivity contribution in [1.82, 2.24) is 10.2 Å². The summed E-state index contributed by atoms with van der Waals surface area (Å²) in [6.07, 6.45) is 1.65. The van der Waals surface area contributed by atoms with Gasteiger partial charge in [-0.25, -0.2) is 0 Å². The second-order valence-electron chi connectivity index (χ2n) is 3.16. The molecule has 2 aromatic rings. The fourth-order valence-corrected chi connectivity index (χ4v) is 1.78. The lowest BCUT2D eigenvalue weighted by Crippen LogP contribution is -2.12. The van der Waals surface area contributed by atoms with E-state index in [1.807, 2.05) is 6.07 Å². The van der Waals surface area contributed by atoms with Crippen molar-refractivity contribution >= 4 is 23.2 Å². The maximum atomic E-state index is 6.04. The predicted octanol–water partition coefficient (Wildman–Crippen LogP) is 2.76. The van der Waals surface area contributed by atoms with Gasteiger partial charge in [0.1, 0.15) is 0 Å². The molecule has 0 bridgehead atoms. The van der Waals surface area contributed by atoms with Gasteiger partial charge in [-0.2, -0.15) is 5.10 Å². The van der Waals surface area contributed by atoms with Crippen LogP contribution in [0.1, 0.15) is 17.3 Å². The fourth-order valence-electron chi connectivity index (χ4n) is 1.36. The van der Waals surface area contributed by atoms with Crippen molar-refractivity contribution in [3.63, 3.8) is 0 Å². The molecule has 0 aliphatic carbocycles. The van der Waals surface area contributed by atoms with Crippen LogP contribution in [0.5, 0.6) is 0 Å². The summed E-state index contributed by atoms with van der Waals surface area (Å²) < 4.78 is 0. The highest BCUT2D eigenvalue weighted by atomic mass is 35.5. The summed E-state index contributed by atoms with van der Waals surface area (Å²) in [6.45, 7) is 0. The number of H-pyrrole nitrogens is 1. The molecule has 15 heavy (non-hydrogen) atoms. The van der Waals surface area contributed by atoms with Gasteiger partial charge in [0.05, 0.1) is 11.7 Å². The van der Waals surface area contributed by atoms with Gasteiger partial charge in [0.15, 0.2) is 0 Å². The third kappa shape index (κ3) is 2.15. The van der Waals surface area contributed by atoms with E-state index in [1.165, 1.54) is 0 Å². The standard InChI is InChI=1S/C10H9Cl2N3/c11-6-1-2-8(12)7(5-6)10(13)9-3-4-14-15-9/h1-5,10H,13H2,(H,14,15). The minimum Gasteiger partial charge on any atom is -0.319 e. The van der Waals surface area contributed by atoms with Gasteiger partial charge in [-0.15, -0.1) is 0 Å². The summed E-state index contributed by atoms with van der Waals surface area (Å²) in [7, 11) is 0. The van der Waals surface area contributed by atoms with E-state index in [0.29, 0.717) is 10.0 Å². The van der Waals surface area contributed by atoms with Gasteiger partial charge >= 0.3 is 0 Å². The Morgan fingerprint density at radius 2 is 2.07 bits per heavy atom. The van der Waals surface area contributed by atoms with Crippen LogP contribution in [0.25, 0.3) is 0 Å². The Kier molecular flexibility index (Phi) is 2.95. The second-order valence-corrected chi connectivity index (χ2v) is 4.00. The monoisotopic (exact) mass is 241 g/mol. The average molecular weight is 242 g/mol. The summed E-state index contributed by atoms with van der Waals surface area (Å²) >= 11 is 11.9. The van der Waals surface area contributed by atoms with Crippen molar-refractivity contribution in [2.24, 2.45) is 5.73 Å². The maximum Gasteiger partial charge on any atom is 0.0735 e. The zero-order valence-corrected chi connectivity index (χ0v) is 9.26. The van der Waals surface area contributed by atoms with Crippen molar-refractivity contribution in [2.75, 3.05) is 0 Å². The van der Waals surface area contributed by atoms with Crippen LogP contribution in [0.2, 0.25) is 10.0 Å². The van der Waals surface area contributed by atoms with Gasteiger partial charge in [0.25, 0.3) is 0 Å². The average Bonchev–Trinajstić information content (AvgIpc) is 2.74. The zero-order valence-electron chi connectivity index (χ0n) is 7.74. The minimum atomic E-state index is -0.335. The number of aromatic amines is 1. The topological polar surface area (TPSA) is 54.7 Å². The van der Waals surface area contributed by atoms with Crippen LogP contribution in [0, 0.1) is 0 Å². The van der Waals surface area contributed by atoms with Crippen LogP contribution >= 0.6 is 23.2 Å². The minimum absolute atomic E-state index is 0.335. The lowest BCUT2D eigenvalue weighted by molar-refractivity contribution is 0.817. The summed E-state index contributed by atoms with van der Waals surface area (Å²) in [6, 6.07) is 6.69. The fraction of sp³-hybridized carbons (Fsp3) is 0.100. The first kappa shape index (κ1) is 10.5. The van der Waals surface area contributed by atoms with Crippen LogP contribution in [0.4, 0.5) is 0 Å². The molecule has 0 amide bonds. The molecule has 0 saturated heterocycles. The first-order valence-electron chi connectivity index (χ1n) is 4.38. The second kappa shape index (κ2) is 4.23. The summed E-state index contributed by atoms with van der Waals surface area (Å²) in [5, 5.41) is 7.86. The van der Waals surface area contributed by atoms with Crippen molar-refractivity contribution in [2.45, 2.75) is 6.04 Å².